The lowest BCUT2D eigenvalue weighted by molar-refractivity contribution is -0.125. The Balaban J connectivity index is 4.34. The molecule has 0 fully saturated rings. The third kappa shape index (κ3) is 3.71. The zero-order valence-electron chi connectivity index (χ0n) is 6.89. The fourth-order valence-electron chi connectivity index (χ4n) is 0.449. The molecule has 0 radical (unpaired) electrons. The third-order valence-electron chi connectivity index (χ3n) is 1.00. The third-order valence-corrected chi connectivity index (χ3v) is 1.00. The van der Waals surface area contributed by atoms with Gasteiger partial charge in [0.1, 0.15) is 0 Å². The Bertz CT molecular complexity index is 335. The van der Waals surface area contributed by atoms with Crippen LogP contribution < -0.4 is 16.7 Å². The average Bonchev–Trinajstić information content (AvgIpc) is 2.21. The lowest BCUT2D eigenvalue weighted by atomic mass is 10.4. The highest BCUT2D eigenvalue weighted by Gasteiger charge is 2.08. The first kappa shape index (κ1) is 11.4. The summed E-state index contributed by atoms with van der Waals surface area (Å²) in [4.78, 5) is 21.5. The van der Waals surface area contributed by atoms with E-state index in [1.54, 1.807) is 10.9 Å². The first-order chi connectivity index (χ1) is 6.65. The van der Waals surface area contributed by atoms with Crippen LogP contribution in [0.25, 0.3) is 0 Å². The molecule has 0 aliphatic rings. The molecule has 0 aliphatic heterocycles. The van der Waals surface area contributed by atoms with Crippen molar-refractivity contribution in [2.24, 2.45) is 5.84 Å². The topological polar surface area (TPSA) is 135 Å². The minimum absolute atomic E-state index is 0.348. The second-order valence-electron chi connectivity index (χ2n) is 1.84. The standard InChI is InChI=1S/C6H6N6O2/c7-3-10-12(4-8)6(14)2-1-5(13)11-9/h1-2,10H,9H2,(H,11,13). The van der Waals surface area contributed by atoms with Crippen LogP contribution in [-0.2, 0) is 9.59 Å². The quantitative estimate of drug-likeness (QED) is 0.117. The van der Waals surface area contributed by atoms with Gasteiger partial charge in [-0.2, -0.15) is 10.5 Å². The largest absolute Gasteiger partial charge is 0.291 e. The van der Waals surface area contributed by atoms with Gasteiger partial charge in [-0.05, 0) is 0 Å². The maximum atomic E-state index is 11.0. The number of nitrogens with zero attached hydrogens (tertiary/aromatic N) is 3. The van der Waals surface area contributed by atoms with E-state index >= 15 is 0 Å². The number of hydrogen-bond donors (Lipinski definition) is 3. The van der Waals surface area contributed by atoms with Crippen LogP contribution in [0.1, 0.15) is 0 Å². The van der Waals surface area contributed by atoms with Gasteiger partial charge in [0.2, 0.25) is 6.19 Å². The van der Waals surface area contributed by atoms with Crippen molar-refractivity contribution >= 4 is 11.8 Å². The van der Waals surface area contributed by atoms with E-state index in [4.69, 9.17) is 16.4 Å². The van der Waals surface area contributed by atoms with E-state index in [0.717, 1.165) is 12.2 Å². The van der Waals surface area contributed by atoms with Crippen molar-refractivity contribution in [2.45, 2.75) is 0 Å². The number of hydrazine groups is 2. The summed E-state index contributed by atoms with van der Waals surface area (Å²) < 4.78 is 0. The number of carbonyl (C=O) groups excluding carboxylic acids is 2. The van der Waals surface area contributed by atoms with Crippen molar-refractivity contribution in [3.05, 3.63) is 12.2 Å². The van der Waals surface area contributed by atoms with Crippen molar-refractivity contribution in [2.75, 3.05) is 0 Å². The number of amides is 2. The summed E-state index contributed by atoms with van der Waals surface area (Å²) in [6.07, 6.45) is 4.37. The molecular formula is C6H6N6O2. The van der Waals surface area contributed by atoms with Crippen LogP contribution in [0.3, 0.4) is 0 Å². The zero-order chi connectivity index (χ0) is 11.0. The highest BCUT2D eigenvalue weighted by Crippen LogP contribution is 1.83. The molecule has 0 saturated carbocycles. The van der Waals surface area contributed by atoms with Gasteiger partial charge in [0.25, 0.3) is 11.8 Å². The number of hydrogen-bond acceptors (Lipinski definition) is 6. The molecule has 0 aromatic heterocycles. The molecule has 0 rings (SSSR count). The Morgan fingerprint density at radius 3 is 2.43 bits per heavy atom. The van der Waals surface area contributed by atoms with Gasteiger partial charge in [-0.25, -0.2) is 11.3 Å². The van der Waals surface area contributed by atoms with Crippen molar-refractivity contribution in [1.82, 2.24) is 15.9 Å². The number of nitrogens with one attached hydrogen (secondary N) is 2. The Morgan fingerprint density at radius 1 is 1.36 bits per heavy atom. The monoisotopic (exact) mass is 194 g/mol. The van der Waals surface area contributed by atoms with Gasteiger partial charge in [0, 0.05) is 12.2 Å². The number of carbonyl (C=O) groups is 2. The molecule has 0 aromatic carbocycles. The summed E-state index contributed by atoms with van der Waals surface area (Å²) in [5.41, 5.74) is 3.53. The first-order valence-electron chi connectivity index (χ1n) is 3.23. The Morgan fingerprint density at radius 2 is 2.00 bits per heavy atom. The number of nitrogens with two attached hydrogens (primary N) is 1. The summed E-state index contributed by atoms with van der Waals surface area (Å²) in [6, 6.07) is 0. The average molecular weight is 194 g/mol. The van der Waals surface area contributed by atoms with Crippen molar-refractivity contribution < 1.29 is 9.59 Å². The van der Waals surface area contributed by atoms with Gasteiger partial charge in [0.15, 0.2) is 6.19 Å². The second-order valence-corrected chi connectivity index (χ2v) is 1.84. The fraction of sp³-hybridized carbons (Fsp3) is 0. The van der Waals surface area contributed by atoms with Gasteiger partial charge in [0.05, 0.1) is 0 Å². The molecule has 0 aliphatic carbocycles. The van der Waals surface area contributed by atoms with E-state index in [1.807, 2.05) is 0 Å². The minimum Gasteiger partial charge on any atom is -0.291 e. The van der Waals surface area contributed by atoms with E-state index in [9.17, 15) is 9.59 Å². The highest BCUT2D eigenvalue weighted by atomic mass is 16.2. The van der Waals surface area contributed by atoms with Gasteiger partial charge in [-0.3, -0.25) is 15.0 Å². The zero-order valence-corrected chi connectivity index (χ0v) is 6.89. The van der Waals surface area contributed by atoms with Crippen LogP contribution in [-0.4, -0.2) is 16.8 Å². The molecule has 0 spiro atoms. The molecule has 8 nitrogen and oxygen atoms in total. The molecule has 0 atom stereocenters. The van der Waals surface area contributed by atoms with Crippen molar-refractivity contribution in [3.63, 3.8) is 0 Å². The molecule has 4 N–H and O–H groups in total. The van der Waals surface area contributed by atoms with Gasteiger partial charge in [-0.15, -0.1) is 5.01 Å². The first-order valence-corrected chi connectivity index (χ1v) is 3.23. The summed E-state index contributed by atoms with van der Waals surface area (Å²) >= 11 is 0. The molecule has 0 bridgehead atoms. The Kier molecular flexibility index (Phi) is 4.89. The second kappa shape index (κ2) is 5.99. The van der Waals surface area contributed by atoms with Crippen LogP contribution in [0.4, 0.5) is 0 Å². The smallest absolute Gasteiger partial charge is 0.279 e. The normalized spacial score (nSPS) is 8.50. The fourth-order valence-corrected chi connectivity index (χ4v) is 0.449. The predicted molar refractivity (Wildman–Crippen MR) is 42.7 cm³/mol. The predicted octanol–water partition coefficient (Wildman–Crippen LogP) is -2.17. The van der Waals surface area contributed by atoms with E-state index in [-0.39, 0.29) is 0 Å². The lowest BCUT2D eigenvalue weighted by Crippen LogP contribution is -2.35. The maximum Gasteiger partial charge on any atom is 0.279 e. The molecule has 0 aromatic rings. The van der Waals surface area contributed by atoms with Crippen molar-refractivity contribution in [3.8, 4) is 12.4 Å². The Hall–Kier alpha value is -2.58. The molecule has 72 valence electrons. The molecule has 8 heteroatoms. The van der Waals surface area contributed by atoms with E-state index in [1.165, 1.54) is 12.4 Å². The van der Waals surface area contributed by atoms with Gasteiger partial charge < -0.3 is 0 Å². The van der Waals surface area contributed by atoms with E-state index < -0.39 is 11.8 Å². The summed E-state index contributed by atoms with van der Waals surface area (Å²) in [6.45, 7) is 0. The van der Waals surface area contributed by atoms with E-state index in [2.05, 4.69) is 0 Å². The summed E-state index contributed by atoms with van der Waals surface area (Å²) in [5, 5.41) is 16.8. The van der Waals surface area contributed by atoms with Gasteiger partial charge in [-0.1, -0.05) is 0 Å². The molecule has 0 saturated heterocycles. The summed E-state index contributed by atoms with van der Waals surface area (Å²) in [5.74, 6) is 3.15. The molecule has 0 unspecified atom stereocenters. The minimum atomic E-state index is -0.863. The number of nitriles is 2. The molecular weight excluding hydrogens is 188 g/mol. The van der Waals surface area contributed by atoms with Crippen LogP contribution in [0, 0.1) is 22.9 Å². The van der Waals surface area contributed by atoms with Crippen LogP contribution in [0.5, 0.6) is 0 Å². The van der Waals surface area contributed by atoms with E-state index in [0.29, 0.717) is 5.01 Å². The number of rotatable bonds is 3. The molecule has 14 heavy (non-hydrogen) atoms. The highest BCUT2D eigenvalue weighted by molar-refractivity contribution is 5.96. The maximum absolute atomic E-state index is 11.0. The molecule has 0 heterocycles. The van der Waals surface area contributed by atoms with Crippen LogP contribution in [0.2, 0.25) is 0 Å². The van der Waals surface area contributed by atoms with Crippen LogP contribution >= 0.6 is 0 Å². The van der Waals surface area contributed by atoms with Crippen LogP contribution in [0.15, 0.2) is 12.2 Å². The molecule has 2 amide bonds. The van der Waals surface area contributed by atoms with Crippen molar-refractivity contribution in [1.29, 1.82) is 10.5 Å². The SMILES string of the molecule is N#CNN(C#N)C(=O)C=CC(=O)NN. The summed E-state index contributed by atoms with van der Waals surface area (Å²) in [7, 11) is 0. The lowest BCUT2D eigenvalue weighted by Gasteiger charge is -2.05. The van der Waals surface area contributed by atoms with Gasteiger partial charge >= 0.3 is 0 Å². The Labute approximate surface area is 79.1 Å².